The second-order valence-corrected chi connectivity index (χ2v) is 7.55. The highest BCUT2D eigenvalue weighted by Crippen LogP contribution is 2.17. The molecule has 1 unspecified atom stereocenters. The quantitative estimate of drug-likeness (QED) is 0.692. The molecule has 1 amide bonds. The third kappa shape index (κ3) is 3.92. The first-order valence-electron chi connectivity index (χ1n) is 10.1. The lowest BCUT2D eigenvalue weighted by Gasteiger charge is -2.16. The van der Waals surface area contributed by atoms with Crippen molar-refractivity contribution in [2.75, 3.05) is 0 Å². The molecule has 0 saturated carbocycles. The van der Waals surface area contributed by atoms with Gasteiger partial charge in [-0.3, -0.25) is 9.36 Å². The minimum absolute atomic E-state index is 0.0665. The fourth-order valence-corrected chi connectivity index (χ4v) is 3.85. The second kappa shape index (κ2) is 8.25. The number of carbonyl (C=O) groups is 1. The summed E-state index contributed by atoms with van der Waals surface area (Å²) in [6.45, 7) is 4.43. The molecule has 0 spiro atoms. The minimum Gasteiger partial charge on any atom is -0.361 e. The maximum absolute atomic E-state index is 13.1. The first-order valence-corrected chi connectivity index (χ1v) is 10.1. The molecule has 0 aliphatic carbocycles. The number of fused-ring (bicyclic) bond motifs is 1. The molecular weight excluding hydrogens is 389 g/mol. The Balaban J connectivity index is 1.44. The summed E-state index contributed by atoms with van der Waals surface area (Å²) in [6, 6.07) is 5.97. The van der Waals surface area contributed by atoms with Crippen LogP contribution in [0.1, 0.15) is 53.0 Å². The molecule has 1 aliphatic heterocycles. The number of benzene rings is 1. The molecule has 0 bridgehead atoms. The number of nitrogens with zero attached hydrogens (tertiary/aromatic N) is 4. The van der Waals surface area contributed by atoms with Crippen LogP contribution in [0.3, 0.4) is 0 Å². The summed E-state index contributed by atoms with van der Waals surface area (Å²) < 4.78 is 21.3. The van der Waals surface area contributed by atoms with Crippen molar-refractivity contribution in [1.82, 2.24) is 24.8 Å². The van der Waals surface area contributed by atoms with E-state index in [1.54, 1.807) is 23.6 Å². The zero-order valence-electron chi connectivity index (χ0n) is 17.0. The van der Waals surface area contributed by atoms with Crippen LogP contribution in [0.25, 0.3) is 0 Å². The number of hydrogen-bond donors (Lipinski definition) is 1. The molecule has 0 fully saturated rings. The van der Waals surface area contributed by atoms with E-state index in [9.17, 15) is 14.0 Å². The van der Waals surface area contributed by atoms with Crippen LogP contribution in [0.2, 0.25) is 0 Å². The van der Waals surface area contributed by atoms with E-state index in [0.717, 1.165) is 5.56 Å². The topological polar surface area (TPSA) is 95.0 Å². The number of carbonyl (C=O) groups excluding carboxylic acids is 1. The average molecular weight is 413 g/mol. The van der Waals surface area contributed by atoms with Crippen molar-refractivity contribution >= 4 is 5.91 Å². The normalized spacial score (nSPS) is 16.2. The molecule has 1 aromatic carbocycles. The van der Waals surface area contributed by atoms with Gasteiger partial charge in [-0.2, -0.15) is 5.10 Å². The van der Waals surface area contributed by atoms with Crippen LogP contribution < -0.4 is 11.0 Å². The number of halogens is 1. The van der Waals surface area contributed by atoms with E-state index in [4.69, 9.17) is 4.52 Å². The molecule has 30 heavy (non-hydrogen) atoms. The molecule has 9 heteroatoms. The Bertz CT molecular complexity index is 1110. The summed E-state index contributed by atoms with van der Waals surface area (Å²) in [5.41, 5.74) is 1.77. The van der Waals surface area contributed by atoms with E-state index in [1.807, 2.05) is 6.92 Å². The lowest BCUT2D eigenvalue weighted by atomic mass is 10.1. The number of aromatic nitrogens is 4. The Morgan fingerprint density at radius 2 is 2.07 bits per heavy atom. The Hall–Kier alpha value is -3.23. The summed E-state index contributed by atoms with van der Waals surface area (Å²) in [5, 5.41) is 11.5. The van der Waals surface area contributed by atoms with Gasteiger partial charge in [0.2, 0.25) is 0 Å². The number of amides is 1. The molecule has 8 nitrogen and oxygen atoms in total. The molecule has 0 radical (unpaired) electrons. The van der Waals surface area contributed by atoms with Gasteiger partial charge in [-0.1, -0.05) is 24.2 Å². The predicted octanol–water partition coefficient (Wildman–Crippen LogP) is 2.23. The van der Waals surface area contributed by atoms with Gasteiger partial charge >= 0.3 is 5.69 Å². The smallest absolute Gasteiger partial charge is 0.346 e. The minimum atomic E-state index is -0.313. The molecule has 3 aromatic rings. The Morgan fingerprint density at radius 1 is 1.30 bits per heavy atom. The molecule has 2 aromatic heterocycles. The summed E-state index contributed by atoms with van der Waals surface area (Å²) >= 11 is 0. The Morgan fingerprint density at radius 3 is 2.80 bits per heavy atom. The van der Waals surface area contributed by atoms with E-state index >= 15 is 0 Å². The molecule has 4 rings (SSSR count). The van der Waals surface area contributed by atoms with Gasteiger partial charge in [0.1, 0.15) is 23.0 Å². The van der Waals surface area contributed by atoms with Crippen LogP contribution >= 0.6 is 0 Å². The molecule has 0 saturated heterocycles. The molecule has 3 heterocycles. The van der Waals surface area contributed by atoms with Gasteiger partial charge < -0.3 is 9.84 Å². The van der Waals surface area contributed by atoms with Gasteiger partial charge in [0.05, 0.1) is 12.2 Å². The summed E-state index contributed by atoms with van der Waals surface area (Å²) in [5.74, 6) is 0.708. The lowest BCUT2D eigenvalue weighted by molar-refractivity contribution is 0.0930. The van der Waals surface area contributed by atoms with Crippen molar-refractivity contribution in [3.05, 3.63) is 69.0 Å². The van der Waals surface area contributed by atoms with E-state index in [-0.39, 0.29) is 23.5 Å². The molecular formula is C21H24FN5O3. The number of nitrogens with one attached hydrogen (secondary N) is 1. The molecule has 1 aliphatic rings. The van der Waals surface area contributed by atoms with Gasteiger partial charge in [-0.05, 0) is 43.9 Å². The lowest BCUT2D eigenvalue weighted by Crippen LogP contribution is -2.36. The van der Waals surface area contributed by atoms with Crippen LogP contribution in [0.5, 0.6) is 0 Å². The first kappa shape index (κ1) is 20.1. The van der Waals surface area contributed by atoms with Crippen molar-refractivity contribution in [2.24, 2.45) is 0 Å². The van der Waals surface area contributed by atoms with Crippen LogP contribution in [-0.2, 0) is 25.9 Å². The van der Waals surface area contributed by atoms with Gasteiger partial charge in [0, 0.05) is 19.0 Å². The van der Waals surface area contributed by atoms with E-state index in [2.05, 4.69) is 15.6 Å². The summed E-state index contributed by atoms with van der Waals surface area (Å²) in [6.07, 6.45) is 2.52. The van der Waals surface area contributed by atoms with Gasteiger partial charge in [-0.25, -0.2) is 13.9 Å². The van der Waals surface area contributed by atoms with Crippen molar-refractivity contribution in [3.63, 3.8) is 0 Å². The molecule has 158 valence electrons. The fraction of sp³-hybridized carbons (Fsp3) is 0.429. The van der Waals surface area contributed by atoms with Gasteiger partial charge in [-0.15, -0.1) is 0 Å². The van der Waals surface area contributed by atoms with E-state index in [1.165, 1.54) is 16.8 Å². The average Bonchev–Trinajstić information content (AvgIpc) is 3.17. The third-order valence-electron chi connectivity index (χ3n) is 5.49. The predicted molar refractivity (Wildman–Crippen MR) is 107 cm³/mol. The highest BCUT2D eigenvalue weighted by molar-refractivity contribution is 5.96. The highest BCUT2D eigenvalue weighted by Gasteiger charge is 2.25. The van der Waals surface area contributed by atoms with E-state index < -0.39 is 0 Å². The van der Waals surface area contributed by atoms with Crippen molar-refractivity contribution in [1.29, 1.82) is 0 Å². The van der Waals surface area contributed by atoms with E-state index in [0.29, 0.717) is 61.6 Å². The Labute approximate surface area is 172 Å². The first-order chi connectivity index (χ1) is 14.5. The Kier molecular flexibility index (Phi) is 5.52. The van der Waals surface area contributed by atoms with Gasteiger partial charge in [0.25, 0.3) is 5.91 Å². The van der Waals surface area contributed by atoms with Crippen LogP contribution in [0.4, 0.5) is 4.39 Å². The fourth-order valence-electron chi connectivity index (χ4n) is 3.85. The number of rotatable bonds is 5. The molecule has 1 N–H and O–H groups in total. The second-order valence-electron chi connectivity index (χ2n) is 7.55. The van der Waals surface area contributed by atoms with Crippen LogP contribution in [0.15, 0.2) is 33.6 Å². The molecule has 1 atom stereocenters. The van der Waals surface area contributed by atoms with Crippen molar-refractivity contribution in [3.8, 4) is 0 Å². The number of aryl methyl sites for hydroxylation is 3. The van der Waals surface area contributed by atoms with Crippen molar-refractivity contribution < 1.29 is 13.7 Å². The zero-order valence-corrected chi connectivity index (χ0v) is 17.0. The standard InChI is InChI=1S/C21H24FN5O3/c1-3-17-19(13(2)30-25-17)20(28)23-16-8-9-18-24-27(21(29)26(18)11-10-16)12-14-4-6-15(22)7-5-14/h4-7,16H,3,8-12H2,1-2H3,(H,23,28). The highest BCUT2D eigenvalue weighted by atomic mass is 19.1. The van der Waals surface area contributed by atoms with Gasteiger partial charge in [0.15, 0.2) is 0 Å². The SMILES string of the molecule is CCc1noc(C)c1C(=O)NC1CCc2nn(Cc3ccc(F)cc3)c(=O)n2CC1. The monoisotopic (exact) mass is 413 g/mol. The zero-order chi connectivity index (χ0) is 21.3. The van der Waals surface area contributed by atoms with Crippen LogP contribution in [0, 0.1) is 12.7 Å². The van der Waals surface area contributed by atoms with Crippen LogP contribution in [-0.4, -0.2) is 31.5 Å². The number of hydrogen-bond acceptors (Lipinski definition) is 5. The summed E-state index contributed by atoms with van der Waals surface area (Å²) in [4.78, 5) is 25.5. The maximum Gasteiger partial charge on any atom is 0.346 e. The third-order valence-corrected chi connectivity index (χ3v) is 5.49. The maximum atomic E-state index is 13.1. The largest absolute Gasteiger partial charge is 0.361 e. The van der Waals surface area contributed by atoms with Crippen molar-refractivity contribution in [2.45, 2.75) is 58.7 Å². The summed E-state index contributed by atoms with van der Waals surface area (Å²) in [7, 11) is 0.